The number of aryl methyl sites for hydroxylation is 2. The Bertz CT molecular complexity index is 5550. The summed E-state index contributed by atoms with van der Waals surface area (Å²) in [5, 5.41) is 142. The average molecular weight is 1730 g/mol. The summed E-state index contributed by atoms with van der Waals surface area (Å²) in [5.41, 5.74) is 7.08. The second-order valence-electron chi connectivity index (χ2n) is 23.5. The van der Waals surface area contributed by atoms with Crippen LogP contribution in [0, 0.1) is 18.8 Å². The molecular weight excluding hydrogens is 1660 g/mol. The van der Waals surface area contributed by atoms with E-state index in [2.05, 4.69) is 97.8 Å². The highest BCUT2D eigenvalue weighted by atomic mass is 32.2. The lowest BCUT2D eigenvalue weighted by Gasteiger charge is -2.15. The number of H-pyrrole nitrogens is 6. The fraction of sp³-hybridized carbons (Fsp3) is 0.200. The summed E-state index contributed by atoms with van der Waals surface area (Å²) >= 11 is 6.11. The molecule has 12 aromatic rings. The number of nitroso groups, excluding NO2 is 1. The van der Waals surface area contributed by atoms with Crippen LogP contribution in [0.25, 0.3) is 68.3 Å². The largest absolute Gasteiger partial charge is 0.507 e. The smallest absolute Gasteiger partial charge is 0.313 e. The van der Waals surface area contributed by atoms with Gasteiger partial charge in [0.15, 0.2) is 66.0 Å². The second kappa shape index (κ2) is 43.8. The Balaban J connectivity index is 0.000000177. The molecule has 0 radical (unpaired) electrons. The molecule has 1 saturated heterocycles. The monoisotopic (exact) mass is 1730 g/mol. The lowest BCUT2D eigenvalue weighted by Crippen LogP contribution is -2.23. The topological polar surface area (TPSA) is 636 Å². The molecule has 1 aliphatic rings. The third-order valence-electron chi connectivity index (χ3n) is 14.8. The van der Waals surface area contributed by atoms with E-state index < -0.39 is 35.8 Å². The zero-order valence-corrected chi connectivity index (χ0v) is 67.1. The first-order chi connectivity index (χ1) is 56.3. The van der Waals surface area contributed by atoms with Gasteiger partial charge in [-0.3, -0.25) is 69.4 Å². The van der Waals surface area contributed by atoms with Gasteiger partial charge in [0.2, 0.25) is 42.6 Å². The molecule has 7 heterocycles. The van der Waals surface area contributed by atoms with Crippen LogP contribution in [0.5, 0.6) is 34.5 Å². The highest BCUT2D eigenvalue weighted by molar-refractivity contribution is 8.00. The number of rotatable bonds is 29. The van der Waals surface area contributed by atoms with Gasteiger partial charge in [-0.2, -0.15) is 0 Å². The minimum atomic E-state index is -0.974. The molecule has 17 N–H and O–H groups in total. The van der Waals surface area contributed by atoms with Crippen LogP contribution < -0.4 is 14.4 Å². The number of hydrogen-bond donors (Lipinski definition) is 17. The average Bonchev–Trinajstić information content (AvgIpc) is 1.01. The number of aromatic amines is 6. The molecule has 616 valence electrons. The number of benzene rings is 6. The van der Waals surface area contributed by atoms with Crippen molar-refractivity contribution in [2.75, 3.05) is 67.2 Å². The molecule has 0 atom stereocenters. The molecule has 48 heteroatoms. The van der Waals surface area contributed by atoms with Gasteiger partial charge in [0.1, 0.15) is 11.5 Å². The van der Waals surface area contributed by atoms with E-state index >= 15 is 0 Å². The number of aromatic hydroxyl groups is 4. The number of carboxylic acid groups (broad SMARTS) is 6. The lowest BCUT2D eigenvalue weighted by molar-refractivity contribution is -0.706. The fourth-order valence-electron chi connectivity index (χ4n) is 9.57. The van der Waals surface area contributed by atoms with E-state index in [9.17, 15) is 64.1 Å². The Hall–Kier alpha value is -13.6. The van der Waals surface area contributed by atoms with Gasteiger partial charge in [-0.1, -0.05) is 100 Å². The SMILES string of the molecule is C=[N+](O)c1ccc(O)c(-c2nc(SCC(=O)O)n[nH]2)c1.COc1cc(-c2nc(SCC(=O)O)n[nH]2)cc([N+](C)=O)c1O.COc1ccc(-c2nc(SCC(=O)O)n[nH]2)cc1O.Cc1ccc(-c2nc(SCC(=O)O)n[nH]2)c(O)c1.Cc1cccc(-c2nc(SCC(=O)O)n[nH]2)c1.O=C(O)CSc1n[nH]c(-c2ccc(N3CCCC3=O)cc2)n1. The number of aliphatic carboxylic acids is 6. The number of carboxylic acids is 6. The molecule has 42 nitrogen and oxygen atoms in total. The van der Waals surface area contributed by atoms with E-state index in [4.69, 9.17) is 40.1 Å². The number of phenolic OH excluding ortho intramolecular Hbond substituents is 4. The van der Waals surface area contributed by atoms with Crippen molar-refractivity contribution >= 4 is 136 Å². The molecule has 1 fully saturated rings. The van der Waals surface area contributed by atoms with Gasteiger partial charge < -0.3 is 65.4 Å². The van der Waals surface area contributed by atoms with Gasteiger partial charge in [0, 0.05) is 73.5 Å². The van der Waals surface area contributed by atoms with Gasteiger partial charge in [-0.15, -0.1) is 30.6 Å². The number of phenols is 4. The quantitative estimate of drug-likeness (QED) is 0.00682. The maximum absolute atomic E-state index is 11.7. The van der Waals surface area contributed by atoms with Crippen molar-refractivity contribution in [2.45, 2.75) is 57.6 Å². The van der Waals surface area contributed by atoms with Crippen molar-refractivity contribution < 1.29 is 109 Å². The summed E-state index contributed by atoms with van der Waals surface area (Å²) in [6.07, 6.45) is 1.50. The van der Waals surface area contributed by atoms with E-state index in [1.807, 2.05) is 68.4 Å². The number of ether oxygens (including phenoxy) is 2. The Morgan fingerprint density at radius 1 is 0.449 bits per heavy atom. The molecular formula is C70H71N21O21S6+2. The molecule has 13 rings (SSSR count). The summed E-state index contributed by atoms with van der Waals surface area (Å²) in [6.45, 7) is 7.95. The fourth-order valence-corrected chi connectivity index (χ4v) is 12.7. The van der Waals surface area contributed by atoms with Gasteiger partial charge >= 0.3 is 41.5 Å². The van der Waals surface area contributed by atoms with Crippen LogP contribution in [0.2, 0.25) is 0 Å². The van der Waals surface area contributed by atoms with E-state index in [0.29, 0.717) is 99.4 Å². The van der Waals surface area contributed by atoms with Crippen molar-refractivity contribution in [1.29, 1.82) is 0 Å². The first-order valence-electron chi connectivity index (χ1n) is 33.6. The molecule has 0 saturated carbocycles. The van der Waals surface area contributed by atoms with Crippen LogP contribution in [0.3, 0.4) is 0 Å². The predicted molar refractivity (Wildman–Crippen MR) is 430 cm³/mol. The van der Waals surface area contributed by atoms with E-state index in [1.165, 1.54) is 57.7 Å². The van der Waals surface area contributed by atoms with Crippen LogP contribution in [0.15, 0.2) is 146 Å². The van der Waals surface area contributed by atoms with Gasteiger partial charge in [0.25, 0.3) is 5.69 Å². The molecule has 0 unspecified atom stereocenters. The minimum absolute atomic E-state index is 0.00357. The maximum Gasteiger partial charge on any atom is 0.313 e. The van der Waals surface area contributed by atoms with Gasteiger partial charge in [0.05, 0.1) is 59.9 Å². The normalized spacial score (nSPS) is 11.2. The summed E-state index contributed by atoms with van der Waals surface area (Å²) in [6, 6.07) is 32.6. The van der Waals surface area contributed by atoms with Crippen LogP contribution in [0.1, 0.15) is 24.0 Å². The lowest BCUT2D eigenvalue weighted by atomic mass is 10.1. The summed E-state index contributed by atoms with van der Waals surface area (Å²) in [7, 11) is 4.07. The summed E-state index contributed by atoms with van der Waals surface area (Å²) in [4.78, 5) is 113. The number of methoxy groups -OCH3 is 2. The highest BCUT2D eigenvalue weighted by Gasteiger charge is 2.25. The molecule has 0 bridgehead atoms. The van der Waals surface area contributed by atoms with Crippen LogP contribution in [0.4, 0.5) is 17.1 Å². The zero-order chi connectivity index (χ0) is 85.7. The van der Waals surface area contributed by atoms with Crippen LogP contribution in [-0.4, -0.2) is 268 Å². The first-order valence-corrected chi connectivity index (χ1v) is 39.5. The number of nitrogens with one attached hydrogen (secondary N) is 6. The Kier molecular flexibility index (Phi) is 33.4. The van der Waals surface area contributed by atoms with Gasteiger partial charge in [-0.25, -0.2) is 29.9 Å². The van der Waals surface area contributed by atoms with Crippen molar-refractivity contribution in [3.05, 3.63) is 131 Å². The van der Waals surface area contributed by atoms with E-state index in [1.54, 1.807) is 29.2 Å². The van der Waals surface area contributed by atoms with E-state index in [0.717, 1.165) is 111 Å². The van der Waals surface area contributed by atoms with Crippen LogP contribution >= 0.6 is 70.6 Å². The predicted octanol–water partition coefficient (Wildman–Crippen LogP) is 9.25. The van der Waals surface area contributed by atoms with Gasteiger partial charge in [-0.05, 0) is 98.6 Å². The number of carbonyl (C=O) groups excluding carboxylic acids is 1. The zero-order valence-electron chi connectivity index (χ0n) is 62.2. The number of hydrogen-bond acceptors (Lipinski definition) is 33. The molecule has 1 aliphatic heterocycles. The third-order valence-corrected chi connectivity index (χ3v) is 19.8. The Labute approximate surface area is 690 Å². The molecule has 6 aromatic carbocycles. The Morgan fingerprint density at radius 2 is 0.856 bits per heavy atom. The molecule has 0 spiro atoms. The van der Waals surface area contributed by atoms with Crippen LogP contribution in [-0.2, 0) is 33.6 Å². The maximum atomic E-state index is 11.7. The molecule has 1 amide bonds. The van der Waals surface area contributed by atoms with Crippen molar-refractivity contribution in [2.24, 2.45) is 0 Å². The highest BCUT2D eigenvalue weighted by Crippen LogP contribution is 2.40. The van der Waals surface area contributed by atoms with Crippen molar-refractivity contribution in [3.63, 3.8) is 0 Å². The van der Waals surface area contributed by atoms with E-state index in [-0.39, 0.29) is 91.0 Å². The molecule has 6 aromatic heterocycles. The number of aromatic nitrogens is 18. The minimum Gasteiger partial charge on any atom is -0.507 e. The Morgan fingerprint density at radius 3 is 1.25 bits per heavy atom. The standard InChI is InChI=1S/C14H14N4O3S.C12H12N4O5S.C11H10N4O4S.C11H11N3O4S.C11H11N3O3S.C11H11N3O2S/c19-11-2-1-7-18(11)10-5-3-9(4-6-10)13-15-14(17-16-13)22-8-12(20)21;1-16(20)7-3-6(4-8(21-2)10(7)19)11-13-12(15-14-11)22-5-9(17)18;1-15(19)6-2-3-8(16)7(4-6)10-12-11(14-13-10)20-5-9(17)18;1-18-8-3-2-6(4-7(8)15)10-12-11(14-13-10)19-5-9(16)17;1-6-2-3-7(8(15)4-6)10-12-11(14-13-10)18-5-9(16)17;1-7-3-2-4-8(5-7)10-12-11(14-13-10)17-6-9(15)16/h3-6H,1-2,7-8H2,(H,20,21)(H,15,16,17);3-4H,5H2,1-2H3,(H2-,13,14,15,17,18,19,20);2-4H,1,5H2,(H3-,12,13,14,16,17,18,19);2-4,15H,5H2,1H3,(H,16,17)(H,12,13,14);2-4,15H,5H2,1H3,(H,16,17)(H,12,13,14);2-5H,6H2,1H3,(H,15,16)(H,12,13,14)/p+2. The summed E-state index contributed by atoms with van der Waals surface area (Å²) < 4.78 is 11.1. The third kappa shape index (κ3) is 27.6. The first kappa shape index (κ1) is 90.0. The number of thioether (sulfide) groups is 6. The van der Waals surface area contributed by atoms with Crippen molar-refractivity contribution in [1.82, 2.24) is 91.1 Å². The molecule has 118 heavy (non-hydrogen) atoms. The number of anilines is 1. The van der Waals surface area contributed by atoms with Crippen molar-refractivity contribution in [3.8, 4) is 103 Å². The number of amides is 1. The number of nitrogens with zero attached hydrogens (tertiary/aromatic N) is 15. The summed E-state index contributed by atoms with van der Waals surface area (Å²) in [5.74, 6) is -3.13. The number of carbonyl (C=O) groups is 7. The second-order valence-corrected chi connectivity index (χ2v) is 29.2. The molecule has 0 aliphatic carbocycles.